The molecule has 2 amide bonds. The van der Waals surface area contributed by atoms with Crippen molar-refractivity contribution in [1.82, 2.24) is 15.1 Å². The van der Waals surface area contributed by atoms with Crippen molar-refractivity contribution in [3.8, 4) is 5.88 Å². The lowest BCUT2D eigenvalue weighted by atomic mass is 10.3. The zero-order chi connectivity index (χ0) is 16.2. The maximum atomic E-state index is 12.3. The number of urea groups is 1. The summed E-state index contributed by atoms with van der Waals surface area (Å²) in [5.41, 5.74) is 0.600. The van der Waals surface area contributed by atoms with Gasteiger partial charge in [0.05, 0.1) is 16.6 Å². The lowest BCUT2D eigenvalue weighted by Gasteiger charge is -2.17. The Labute approximate surface area is 143 Å². The number of benzene rings is 1. The molecule has 0 spiro atoms. The molecule has 1 atom stereocenters. The van der Waals surface area contributed by atoms with Crippen LogP contribution in [-0.2, 0) is 0 Å². The summed E-state index contributed by atoms with van der Waals surface area (Å²) < 4.78 is 5.71. The molecule has 1 aliphatic heterocycles. The second kappa shape index (κ2) is 7.02. The molecule has 1 unspecified atom stereocenters. The molecule has 0 aliphatic carbocycles. The van der Waals surface area contributed by atoms with Crippen LogP contribution in [0.1, 0.15) is 6.42 Å². The van der Waals surface area contributed by atoms with Crippen molar-refractivity contribution in [2.45, 2.75) is 12.5 Å². The van der Waals surface area contributed by atoms with Crippen molar-refractivity contribution in [3.63, 3.8) is 0 Å². The largest absolute Gasteiger partial charge is 0.471 e. The van der Waals surface area contributed by atoms with Gasteiger partial charge < -0.3 is 15.0 Å². The maximum absolute atomic E-state index is 12.3. The highest BCUT2D eigenvalue weighted by atomic mass is 35.5. The summed E-state index contributed by atoms with van der Waals surface area (Å²) in [6.07, 6.45) is 2.23. The van der Waals surface area contributed by atoms with E-state index in [9.17, 15) is 4.79 Å². The number of likely N-dealkylation sites (tertiary alicyclic amines) is 1. The van der Waals surface area contributed by atoms with E-state index in [0.717, 1.165) is 6.42 Å². The average molecular weight is 353 g/mol. The summed E-state index contributed by atoms with van der Waals surface area (Å²) in [6.45, 7) is 1.10. The number of ether oxygens (including phenoxy) is 1. The summed E-state index contributed by atoms with van der Waals surface area (Å²) in [5, 5.41) is 11.3. The molecule has 1 aliphatic rings. The van der Waals surface area contributed by atoms with Crippen LogP contribution in [0.3, 0.4) is 0 Å². The molecule has 1 N–H and O–H groups in total. The van der Waals surface area contributed by atoms with Crippen molar-refractivity contribution in [3.05, 3.63) is 46.6 Å². The molecular formula is C15H14Cl2N4O2. The molecule has 1 aromatic heterocycles. The number of halogens is 2. The fourth-order valence-electron chi connectivity index (χ4n) is 2.31. The summed E-state index contributed by atoms with van der Waals surface area (Å²) in [6, 6.07) is 8.26. The quantitative estimate of drug-likeness (QED) is 0.918. The fraction of sp³-hybridized carbons (Fsp3) is 0.267. The number of aromatic nitrogens is 2. The number of hydrogen-bond acceptors (Lipinski definition) is 4. The number of nitrogens with one attached hydrogen (secondary N) is 1. The minimum absolute atomic E-state index is 0.0914. The van der Waals surface area contributed by atoms with E-state index in [1.54, 1.807) is 41.4 Å². The maximum Gasteiger partial charge on any atom is 0.321 e. The zero-order valence-electron chi connectivity index (χ0n) is 12.1. The van der Waals surface area contributed by atoms with E-state index in [1.165, 1.54) is 0 Å². The predicted octanol–water partition coefficient (Wildman–Crippen LogP) is 3.47. The SMILES string of the molecule is O=C(Nc1ccc(Cl)c(Cl)c1)N1CCC(Oc2cccnn2)C1. The summed E-state index contributed by atoms with van der Waals surface area (Å²) in [4.78, 5) is 13.9. The first-order chi connectivity index (χ1) is 11.1. The molecule has 1 saturated heterocycles. The molecule has 6 nitrogen and oxygen atoms in total. The Morgan fingerprint density at radius 1 is 1.30 bits per heavy atom. The third-order valence-electron chi connectivity index (χ3n) is 3.44. The second-order valence-electron chi connectivity index (χ2n) is 5.10. The van der Waals surface area contributed by atoms with Gasteiger partial charge in [-0.1, -0.05) is 23.2 Å². The lowest BCUT2D eigenvalue weighted by Crippen LogP contribution is -2.34. The number of carbonyl (C=O) groups excluding carboxylic acids is 1. The van der Waals surface area contributed by atoms with Gasteiger partial charge in [-0.15, -0.1) is 5.10 Å². The lowest BCUT2D eigenvalue weighted by molar-refractivity contribution is 0.188. The van der Waals surface area contributed by atoms with Crippen LogP contribution < -0.4 is 10.1 Å². The third-order valence-corrected chi connectivity index (χ3v) is 4.18. The van der Waals surface area contributed by atoms with E-state index in [-0.39, 0.29) is 12.1 Å². The van der Waals surface area contributed by atoms with Crippen molar-refractivity contribution in [2.24, 2.45) is 0 Å². The Morgan fingerprint density at radius 3 is 2.91 bits per heavy atom. The van der Waals surface area contributed by atoms with Gasteiger partial charge in [0.1, 0.15) is 6.10 Å². The van der Waals surface area contributed by atoms with Gasteiger partial charge in [-0.25, -0.2) is 4.79 Å². The van der Waals surface area contributed by atoms with Gasteiger partial charge in [-0.2, -0.15) is 5.10 Å². The van der Waals surface area contributed by atoms with Crippen molar-refractivity contribution in [2.75, 3.05) is 18.4 Å². The summed E-state index contributed by atoms with van der Waals surface area (Å²) in [7, 11) is 0. The topological polar surface area (TPSA) is 67.4 Å². The van der Waals surface area contributed by atoms with Gasteiger partial charge in [-0.3, -0.25) is 0 Å². The van der Waals surface area contributed by atoms with Crippen LogP contribution in [0.25, 0.3) is 0 Å². The van der Waals surface area contributed by atoms with Crippen LogP contribution >= 0.6 is 23.2 Å². The molecule has 0 radical (unpaired) electrons. The molecule has 3 rings (SSSR count). The van der Waals surface area contributed by atoms with Crippen molar-refractivity contribution >= 4 is 34.9 Å². The van der Waals surface area contributed by atoms with Crippen LogP contribution in [0.4, 0.5) is 10.5 Å². The highest BCUT2D eigenvalue weighted by Gasteiger charge is 2.28. The van der Waals surface area contributed by atoms with Crippen LogP contribution in [0.15, 0.2) is 36.5 Å². The number of carbonyl (C=O) groups is 1. The van der Waals surface area contributed by atoms with Crippen molar-refractivity contribution in [1.29, 1.82) is 0 Å². The first-order valence-electron chi connectivity index (χ1n) is 7.07. The number of nitrogens with zero attached hydrogens (tertiary/aromatic N) is 3. The van der Waals surface area contributed by atoms with Gasteiger partial charge in [0.15, 0.2) is 0 Å². The van der Waals surface area contributed by atoms with E-state index in [0.29, 0.717) is 34.7 Å². The average Bonchev–Trinajstić information content (AvgIpc) is 3.00. The molecule has 0 bridgehead atoms. The standard InChI is InChI=1S/C15H14Cl2N4O2/c16-12-4-3-10(8-13(12)17)19-15(22)21-7-5-11(9-21)23-14-2-1-6-18-20-14/h1-4,6,8,11H,5,7,9H2,(H,19,22). The molecule has 8 heteroatoms. The van der Waals surface area contributed by atoms with E-state index >= 15 is 0 Å². The fourth-order valence-corrected chi connectivity index (χ4v) is 2.60. The number of anilines is 1. The summed E-state index contributed by atoms with van der Waals surface area (Å²) >= 11 is 11.8. The van der Waals surface area contributed by atoms with E-state index in [2.05, 4.69) is 15.5 Å². The zero-order valence-corrected chi connectivity index (χ0v) is 13.6. The summed E-state index contributed by atoms with van der Waals surface area (Å²) in [5.74, 6) is 0.462. The predicted molar refractivity (Wildman–Crippen MR) is 88.1 cm³/mol. The van der Waals surface area contributed by atoms with Gasteiger partial charge >= 0.3 is 6.03 Å². The van der Waals surface area contributed by atoms with Crippen LogP contribution in [0, 0.1) is 0 Å². The minimum Gasteiger partial charge on any atom is -0.471 e. The van der Waals surface area contributed by atoms with Gasteiger partial charge in [-0.05, 0) is 24.3 Å². The van der Waals surface area contributed by atoms with E-state index < -0.39 is 0 Å². The van der Waals surface area contributed by atoms with Gasteiger partial charge in [0, 0.05) is 30.9 Å². The number of hydrogen-bond donors (Lipinski definition) is 1. The normalized spacial score (nSPS) is 17.1. The van der Waals surface area contributed by atoms with Crippen molar-refractivity contribution < 1.29 is 9.53 Å². The molecular weight excluding hydrogens is 339 g/mol. The van der Waals surface area contributed by atoms with Crippen LogP contribution in [0.5, 0.6) is 5.88 Å². The molecule has 1 fully saturated rings. The van der Waals surface area contributed by atoms with Crippen LogP contribution in [0.2, 0.25) is 10.0 Å². The Hall–Kier alpha value is -2.05. The number of rotatable bonds is 3. The monoisotopic (exact) mass is 352 g/mol. The number of amides is 2. The van der Waals surface area contributed by atoms with Crippen LogP contribution in [-0.4, -0.2) is 40.3 Å². The second-order valence-corrected chi connectivity index (χ2v) is 5.91. The highest BCUT2D eigenvalue weighted by Crippen LogP contribution is 2.25. The van der Waals surface area contributed by atoms with E-state index in [4.69, 9.17) is 27.9 Å². The Balaban J connectivity index is 1.56. The molecule has 0 saturated carbocycles. The first kappa shape index (κ1) is 15.8. The Bertz CT molecular complexity index is 699. The molecule has 23 heavy (non-hydrogen) atoms. The Kier molecular flexibility index (Phi) is 4.83. The third kappa shape index (κ3) is 4.03. The highest BCUT2D eigenvalue weighted by molar-refractivity contribution is 6.42. The smallest absolute Gasteiger partial charge is 0.321 e. The molecule has 2 aromatic rings. The Morgan fingerprint density at radius 2 is 2.17 bits per heavy atom. The van der Waals surface area contributed by atoms with E-state index in [1.807, 2.05) is 0 Å². The van der Waals surface area contributed by atoms with Gasteiger partial charge in [0.25, 0.3) is 0 Å². The van der Waals surface area contributed by atoms with Gasteiger partial charge in [0.2, 0.25) is 5.88 Å². The minimum atomic E-state index is -0.200. The molecule has 1 aromatic carbocycles. The molecule has 120 valence electrons. The molecule has 2 heterocycles. The first-order valence-corrected chi connectivity index (χ1v) is 7.83.